The maximum Gasteiger partial charge on any atom is 0.408 e. The third kappa shape index (κ3) is 45.4. The Labute approximate surface area is 747 Å². The standard InChI is InChI=1S/C14H18IN3O3.C14H17IN2O6S.C14H19IN2O4S.C9H18OSi.C8H16N2O4.C6H3FINO2.C6H5FN2O2.B.Fe/c1-14(2,3)21-13(20)17-10-7-16-9-6-4-5-8(15)11(9)18-12(10)19;1-14(2,3)23-13(20)16-9(12(18)19)7-24-10-6-4-5-8(15)11(10)17(21)22;1-14(2,3)21-13(20)17-9(12(18)19)7-22-10-6-4-5-8(15)11(10)16;1-7-8-10-11(5,6)9(2,3)4;1-8(2,3)14-7(13)10-5(4-9)6(11)12;2*7-4-2-1-3-5(8)6(4)9(10)11;;/h4-6,10,16H,7H2,1-3H3,(H,17,20)(H,18,19);4-6,9H,7H2,1-3H3,(H,16,20)(H,18,19);4-6,9H,7,16H2,1-3H3,(H,17,20)(H,18,19);1H,8H2,2-6H3;5H,4,9H2,1-3H3,(H,10,13)(H,11,12);1-3H;1-3H,8H2;;/t10-;2*9-;;5-;;;;/m000.0..../s1. The van der Waals surface area contributed by atoms with Gasteiger partial charge in [-0.25, -0.2) is 33.6 Å². The molecule has 0 bridgehead atoms. The van der Waals surface area contributed by atoms with E-state index in [2.05, 4.69) is 117 Å². The summed E-state index contributed by atoms with van der Waals surface area (Å²) in [6.45, 7) is 32.1. The number of terminal acetylenes is 1. The molecule has 45 heteroatoms. The minimum atomic E-state index is -1.57. The normalized spacial score (nSPS) is 12.8. The van der Waals surface area contributed by atoms with E-state index in [-0.39, 0.29) is 65.9 Å². The fourth-order valence-corrected chi connectivity index (χ4v) is 13.2. The predicted molar refractivity (Wildman–Crippen MR) is 473 cm³/mol. The van der Waals surface area contributed by atoms with Crippen LogP contribution < -0.4 is 49.1 Å². The van der Waals surface area contributed by atoms with Crippen LogP contribution in [0.3, 0.4) is 0 Å². The first-order valence-electron chi connectivity index (χ1n) is 33.5. The van der Waals surface area contributed by atoms with Crippen molar-refractivity contribution >= 4 is 219 Å². The molecule has 0 unspecified atom stereocenters. The number of nitro groups is 3. The number of nitrogens with one attached hydrogen (secondary N) is 6. The molecule has 15 N–H and O–H groups in total. The second-order valence-electron chi connectivity index (χ2n) is 28.7. The number of nitro benzene ring substituents is 3. The third-order valence-electron chi connectivity index (χ3n) is 13.6. The molecule has 0 saturated carbocycles. The first-order valence-corrected chi connectivity index (χ1v) is 42.7. The topological polar surface area (TPSA) is 523 Å². The Hall–Kier alpha value is -7.58. The molecule has 0 spiro atoms. The van der Waals surface area contributed by atoms with E-state index in [0.29, 0.717) is 30.9 Å². The van der Waals surface area contributed by atoms with Gasteiger partial charge in [-0.05, 0) is 252 Å². The van der Waals surface area contributed by atoms with Crippen molar-refractivity contribution in [2.24, 2.45) is 5.73 Å². The summed E-state index contributed by atoms with van der Waals surface area (Å²) in [5, 5.41) is 74.0. The molecule has 6 rings (SSSR count). The largest absolute Gasteiger partial charge is 0.480 e. The van der Waals surface area contributed by atoms with Crippen LogP contribution in [0.5, 0.6) is 0 Å². The second-order valence-corrected chi connectivity index (χ2v) is 40.3. The number of thioether (sulfide) groups is 2. The van der Waals surface area contributed by atoms with E-state index in [1.165, 1.54) is 42.1 Å². The number of carbonyl (C=O) groups is 8. The van der Waals surface area contributed by atoms with Crippen LogP contribution in [-0.2, 0) is 59.6 Å². The van der Waals surface area contributed by atoms with Crippen molar-refractivity contribution in [1.82, 2.24) is 21.3 Å². The summed E-state index contributed by atoms with van der Waals surface area (Å²) in [4.78, 5) is 122. The monoisotopic (exact) mass is 2170 g/mol. The van der Waals surface area contributed by atoms with Gasteiger partial charge in [0.25, 0.3) is 5.69 Å². The summed E-state index contributed by atoms with van der Waals surface area (Å²) in [5.41, 5.74) is 14.4. The maximum atomic E-state index is 12.7. The number of carbonyl (C=O) groups excluding carboxylic acids is 5. The number of benzene rings is 5. The quantitative estimate of drug-likeness (QED) is 0.00534. The Morgan fingerprint density at radius 2 is 0.948 bits per heavy atom. The number of amides is 5. The number of nitrogen functional groups attached to an aromatic ring is 2. The molecular formula is C71H96BF2FeI4N12O22S2Si. The summed E-state index contributed by atoms with van der Waals surface area (Å²) in [5.74, 6) is -2.93. The molecule has 641 valence electrons. The summed E-state index contributed by atoms with van der Waals surface area (Å²) in [6, 6.07) is 19.5. The van der Waals surface area contributed by atoms with Gasteiger partial charge < -0.3 is 87.8 Å². The van der Waals surface area contributed by atoms with Gasteiger partial charge in [0.15, 0.2) is 8.32 Å². The first kappa shape index (κ1) is 113. The fraction of sp³-hybridized carbons (Fsp3) is 0.437. The van der Waals surface area contributed by atoms with Gasteiger partial charge in [-0.2, -0.15) is 8.78 Å². The van der Waals surface area contributed by atoms with Crippen LogP contribution in [-0.4, -0.2) is 173 Å². The number of carboxylic acids is 3. The minimum Gasteiger partial charge on any atom is -0.480 e. The van der Waals surface area contributed by atoms with Gasteiger partial charge in [-0.1, -0.05) is 57.0 Å². The Kier molecular flexibility index (Phi) is 50.8. The molecule has 5 aromatic rings. The van der Waals surface area contributed by atoms with E-state index >= 15 is 0 Å². The van der Waals surface area contributed by atoms with Crippen LogP contribution in [0.15, 0.2) is 101 Å². The Morgan fingerprint density at radius 3 is 1.32 bits per heavy atom. The SMILES string of the molecule is C#CCO[Si](C)(C)C(C)(C)C.CC(C)(C)OC(=O)N[C@@H](CN)C(=O)O.CC(C)(C)OC(=O)N[C@@H](CSc1cccc(I)c1N)C(=O)O.CC(C)(C)OC(=O)N[C@@H](CSc1cccc(I)c1[N+](=O)[O-])C(=O)O.CC(C)(C)OC(=O)N[C@H]1CNc2cccc(I)c2NC1=O.Nc1cccc(F)c1[N+](=O)[O-].O=[N+]([O-])c1c(F)cccc1I.[B].[Fe]. The van der Waals surface area contributed by atoms with Gasteiger partial charge >= 0.3 is 53.7 Å². The van der Waals surface area contributed by atoms with E-state index in [9.17, 15) is 87.7 Å². The second kappa shape index (κ2) is 52.4. The van der Waals surface area contributed by atoms with Crippen molar-refractivity contribution in [2.75, 3.05) is 53.3 Å². The molecule has 0 aromatic heterocycles. The Morgan fingerprint density at radius 1 is 0.586 bits per heavy atom. The number of hydrogen-bond donors (Lipinski definition) is 12. The maximum absolute atomic E-state index is 12.7. The molecule has 4 atom stereocenters. The number of ether oxygens (including phenoxy) is 4. The first-order chi connectivity index (χ1) is 52.2. The van der Waals surface area contributed by atoms with Crippen molar-refractivity contribution in [2.45, 2.75) is 178 Å². The van der Waals surface area contributed by atoms with Crippen LogP contribution in [0.1, 0.15) is 104 Å². The van der Waals surface area contributed by atoms with Gasteiger partial charge in [0.2, 0.25) is 17.5 Å². The van der Waals surface area contributed by atoms with Crippen LogP contribution in [0.25, 0.3) is 0 Å². The molecule has 5 aromatic carbocycles. The van der Waals surface area contributed by atoms with Crippen LogP contribution in [0.4, 0.5) is 67.8 Å². The number of fused-ring (bicyclic) bond motifs is 1. The summed E-state index contributed by atoms with van der Waals surface area (Å²) >= 11 is 10.1. The number of alkyl carbamates (subject to hydrolysis) is 4. The van der Waals surface area contributed by atoms with Crippen molar-refractivity contribution in [3.8, 4) is 12.3 Å². The fourth-order valence-electron chi connectivity index (χ4n) is 7.41. The van der Waals surface area contributed by atoms with Gasteiger partial charge in [0.1, 0.15) is 52.3 Å². The smallest absolute Gasteiger partial charge is 0.408 e. The van der Waals surface area contributed by atoms with Crippen LogP contribution in [0, 0.1) is 68.6 Å². The number of rotatable bonds is 19. The van der Waals surface area contributed by atoms with E-state index in [1.54, 1.807) is 118 Å². The average Bonchev–Trinajstić information content (AvgIpc) is 1.62. The molecule has 5 amide bonds. The minimum absolute atomic E-state index is 0. The summed E-state index contributed by atoms with van der Waals surface area (Å²) in [7, 11) is -1.57. The summed E-state index contributed by atoms with van der Waals surface area (Å²) in [6.07, 6.45) is 2.13. The van der Waals surface area contributed by atoms with Crippen molar-refractivity contribution in [3.63, 3.8) is 0 Å². The molecule has 0 aliphatic carbocycles. The molecule has 1 aliphatic heterocycles. The van der Waals surface area contributed by atoms with Gasteiger partial charge in [-0.3, -0.25) is 35.1 Å². The molecule has 1 heterocycles. The van der Waals surface area contributed by atoms with Gasteiger partial charge in [-0.15, -0.1) is 29.9 Å². The predicted octanol–water partition coefficient (Wildman–Crippen LogP) is 14.6. The molecular weight excluding hydrogens is 2080 g/mol. The molecule has 116 heavy (non-hydrogen) atoms. The van der Waals surface area contributed by atoms with Crippen LogP contribution >= 0.6 is 114 Å². The number of nitrogens with zero attached hydrogens (tertiary/aromatic N) is 3. The molecule has 0 fully saturated rings. The Bertz CT molecular complexity index is 4110. The van der Waals surface area contributed by atoms with Crippen LogP contribution in [0.2, 0.25) is 18.1 Å². The van der Waals surface area contributed by atoms with Gasteiger partial charge in [0, 0.05) is 62.1 Å². The number of halogens is 6. The van der Waals surface area contributed by atoms with Crippen molar-refractivity contribution in [3.05, 3.63) is 147 Å². The molecule has 1 aliphatic rings. The van der Waals surface area contributed by atoms with E-state index in [1.807, 2.05) is 59.0 Å². The Balaban J connectivity index is -0.00000131. The van der Waals surface area contributed by atoms with E-state index in [0.717, 1.165) is 47.3 Å². The molecule has 34 nitrogen and oxygen atoms in total. The number of carboxylic acid groups (broad SMARTS) is 3. The van der Waals surface area contributed by atoms with E-state index < -0.39 is 135 Å². The number of hydrogen-bond acceptors (Lipinski definition) is 25. The zero-order chi connectivity index (χ0) is 88.4. The number of nitrogens with two attached hydrogens (primary N) is 3. The van der Waals surface area contributed by atoms with Gasteiger partial charge in [0.05, 0.1) is 50.5 Å². The number of aliphatic carboxylic acids is 3. The third-order valence-corrected chi connectivity index (χ3v) is 23.9. The van der Waals surface area contributed by atoms with Crippen molar-refractivity contribution < 1.29 is 118 Å². The zero-order valence-electron chi connectivity index (χ0n) is 66.3. The number of anilines is 4. The molecule has 3 radical (unpaired) electrons. The zero-order valence-corrected chi connectivity index (χ0v) is 78.6. The van der Waals surface area contributed by atoms with Crippen molar-refractivity contribution in [1.29, 1.82) is 0 Å². The summed E-state index contributed by atoms with van der Waals surface area (Å²) < 4.78 is 53.6. The van der Waals surface area contributed by atoms with E-state index in [4.69, 9.17) is 52.1 Å². The number of para-hydroxylation sites is 5. The molecule has 0 saturated heterocycles. The average molecular weight is 2170 g/mol.